The van der Waals surface area contributed by atoms with Gasteiger partial charge in [-0.2, -0.15) is 0 Å². The van der Waals surface area contributed by atoms with Crippen molar-refractivity contribution in [2.75, 3.05) is 25.1 Å². The van der Waals surface area contributed by atoms with Gasteiger partial charge in [0.15, 0.2) is 0 Å². The summed E-state index contributed by atoms with van der Waals surface area (Å²) < 4.78 is 18.4. The fourth-order valence-corrected chi connectivity index (χ4v) is 1.57. The summed E-state index contributed by atoms with van der Waals surface area (Å²) in [6, 6.07) is 2.20. The quantitative estimate of drug-likeness (QED) is 0.691. The van der Waals surface area contributed by atoms with Gasteiger partial charge in [0, 0.05) is 6.54 Å². The number of ether oxygens (including phenoxy) is 1. The van der Waals surface area contributed by atoms with Gasteiger partial charge in [-0.05, 0) is 19.1 Å². The van der Waals surface area contributed by atoms with Crippen LogP contribution in [0.1, 0.15) is 17.3 Å². The molecular weight excluding hydrogens is 277 g/mol. The van der Waals surface area contributed by atoms with Crippen LogP contribution in [0.15, 0.2) is 12.1 Å². The number of hydrogen-bond acceptors (Lipinski definition) is 5. The Balaban J connectivity index is 2.93. The van der Waals surface area contributed by atoms with E-state index in [-0.39, 0.29) is 29.4 Å². The first-order valence-electron chi connectivity index (χ1n) is 5.68. The summed E-state index contributed by atoms with van der Waals surface area (Å²) in [7, 11) is 0. The Morgan fingerprint density at radius 3 is 2.84 bits per heavy atom. The second kappa shape index (κ2) is 7.28. The largest absolute Gasteiger partial charge is 0.462 e. The minimum Gasteiger partial charge on any atom is -0.462 e. The average Bonchev–Trinajstić information content (AvgIpc) is 2.37. The van der Waals surface area contributed by atoms with Gasteiger partial charge in [0.2, 0.25) is 0 Å². The summed E-state index contributed by atoms with van der Waals surface area (Å²) >= 11 is 5.76. The molecule has 1 atom stereocenters. The molecule has 1 rings (SSSR count). The van der Waals surface area contributed by atoms with Crippen molar-refractivity contribution in [2.45, 2.75) is 13.0 Å². The molecule has 0 aliphatic carbocycles. The van der Waals surface area contributed by atoms with Gasteiger partial charge in [-0.3, -0.25) is 0 Å². The van der Waals surface area contributed by atoms with Crippen molar-refractivity contribution in [3.05, 3.63) is 28.5 Å². The van der Waals surface area contributed by atoms with E-state index in [2.05, 4.69) is 5.32 Å². The summed E-state index contributed by atoms with van der Waals surface area (Å²) in [5.74, 6) is -1.32. The number of esters is 1. The van der Waals surface area contributed by atoms with Crippen molar-refractivity contribution in [3.8, 4) is 0 Å². The second-order valence-corrected chi connectivity index (χ2v) is 4.16. The number of anilines is 1. The van der Waals surface area contributed by atoms with E-state index in [1.807, 2.05) is 0 Å². The van der Waals surface area contributed by atoms with Crippen molar-refractivity contribution in [1.82, 2.24) is 0 Å². The molecule has 0 bridgehead atoms. The standard InChI is InChI=1S/C12H15ClFNO4/c1-2-19-12(18)8-3-11(10(14)4-9(8)13)15-5-7(17)6-16/h3-4,7,15-17H,2,5-6H2,1H3. The third-order valence-electron chi connectivity index (χ3n) is 2.29. The number of benzene rings is 1. The molecule has 0 aliphatic rings. The van der Waals surface area contributed by atoms with E-state index < -0.39 is 24.5 Å². The maximum Gasteiger partial charge on any atom is 0.339 e. The van der Waals surface area contributed by atoms with Crippen LogP contribution in [0.25, 0.3) is 0 Å². The molecule has 19 heavy (non-hydrogen) atoms. The number of halogens is 2. The van der Waals surface area contributed by atoms with Gasteiger partial charge in [0.25, 0.3) is 0 Å². The van der Waals surface area contributed by atoms with Crippen LogP contribution in [0.3, 0.4) is 0 Å². The van der Waals surface area contributed by atoms with E-state index in [4.69, 9.17) is 21.4 Å². The Morgan fingerprint density at radius 2 is 2.26 bits per heavy atom. The Kier molecular flexibility index (Phi) is 6.01. The molecule has 0 heterocycles. The van der Waals surface area contributed by atoms with Crippen LogP contribution in [0, 0.1) is 5.82 Å². The molecule has 1 aromatic rings. The van der Waals surface area contributed by atoms with Crippen molar-refractivity contribution in [1.29, 1.82) is 0 Å². The minimum atomic E-state index is -1.03. The molecule has 0 radical (unpaired) electrons. The normalized spacial score (nSPS) is 12.1. The third kappa shape index (κ3) is 4.34. The van der Waals surface area contributed by atoms with E-state index in [0.717, 1.165) is 6.07 Å². The lowest BCUT2D eigenvalue weighted by molar-refractivity contribution is 0.0526. The number of rotatable bonds is 6. The molecule has 3 N–H and O–H groups in total. The molecule has 0 amide bonds. The lowest BCUT2D eigenvalue weighted by Crippen LogP contribution is -2.23. The van der Waals surface area contributed by atoms with Gasteiger partial charge in [0.05, 0.1) is 35.6 Å². The van der Waals surface area contributed by atoms with Gasteiger partial charge in [-0.25, -0.2) is 9.18 Å². The predicted octanol–water partition coefficient (Wildman–Crippen LogP) is 1.42. The third-order valence-corrected chi connectivity index (χ3v) is 2.60. The number of nitrogens with one attached hydrogen (secondary N) is 1. The van der Waals surface area contributed by atoms with Gasteiger partial charge < -0.3 is 20.3 Å². The molecule has 0 spiro atoms. The van der Waals surface area contributed by atoms with E-state index in [1.165, 1.54) is 6.07 Å². The minimum absolute atomic E-state index is 0.0000435. The second-order valence-electron chi connectivity index (χ2n) is 3.75. The van der Waals surface area contributed by atoms with Crippen LogP contribution in [0.2, 0.25) is 5.02 Å². The molecule has 0 saturated carbocycles. The van der Waals surface area contributed by atoms with Crippen LogP contribution in [0.5, 0.6) is 0 Å². The summed E-state index contributed by atoms with van der Waals surface area (Å²) in [6.07, 6.45) is -1.03. The molecule has 1 unspecified atom stereocenters. The summed E-state index contributed by atoms with van der Waals surface area (Å²) in [5.41, 5.74) is 0.0332. The first-order valence-corrected chi connectivity index (χ1v) is 6.06. The van der Waals surface area contributed by atoms with Gasteiger partial charge in [-0.1, -0.05) is 11.6 Å². The maximum atomic E-state index is 13.6. The van der Waals surface area contributed by atoms with E-state index in [9.17, 15) is 14.3 Å². The number of aliphatic hydroxyl groups is 2. The summed E-state index contributed by atoms with van der Waals surface area (Å²) in [6.45, 7) is 1.31. The van der Waals surface area contributed by atoms with Crippen molar-refractivity contribution in [2.24, 2.45) is 0 Å². The van der Waals surface area contributed by atoms with Crippen LogP contribution in [-0.2, 0) is 4.74 Å². The van der Waals surface area contributed by atoms with Crippen molar-refractivity contribution >= 4 is 23.3 Å². The molecule has 0 aromatic heterocycles. The van der Waals surface area contributed by atoms with Crippen LogP contribution < -0.4 is 5.32 Å². The molecule has 106 valence electrons. The first-order chi connectivity index (χ1) is 8.99. The maximum absolute atomic E-state index is 13.6. The SMILES string of the molecule is CCOC(=O)c1cc(NCC(O)CO)c(F)cc1Cl. The van der Waals surface area contributed by atoms with Crippen molar-refractivity contribution in [3.63, 3.8) is 0 Å². The van der Waals surface area contributed by atoms with Gasteiger partial charge >= 0.3 is 5.97 Å². The summed E-state index contributed by atoms with van der Waals surface area (Å²) in [5, 5.41) is 20.4. The lowest BCUT2D eigenvalue weighted by atomic mass is 10.2. The number of carbonyl (C=O) groups excluding carboxylic acids is 1. The van der Waals surface area contributed by atoms with Crippen molar-refractivity contribution < 1.29 is 24.1 Å². The van der Waals surface area contributed by atoms with E-state index in [0.29, 0.717) is 0 Å². The highest BCUT2D eigenvalue weighted by atomic mass is 35.5. The number of aliphatic hydroxyl groups excluding tert-OH is 2. The average molecular weight is 292 g/mol. The first kappa shape index (κ1) is 15.7. The zero-order valence-corrected chi connectivity index (χ0v) is 11.1. The molecular formula is C12H15ClFNO4. The Hall–Kier alpha value is -1.37. The Morgan fingerprint density at radius 1 is 1.58 bits per heavy atom. The monoisotopic (exact) mass is 291 g/mol. The van der Waals surface area contributed by atoms with Gasteiger partial charge in [0.1, 0.15) is 5.82 Å². The number of hydrogen-bond donors (Lipinski definition) is 3. The molecule has 0 saturated heterocycles. The molecule has 7 heteroatoms. The fourth-order valence-electron chi connectivity index (χ4n) is 1.34. The zero-order valence-electron chi connectivity index (χ0n) is 10.3. The Labute approximate surface area is 115 Å². The van der Waals surface area contributed by atoms with E-state index in [1.54, 1.807) is 6.92 Å². The molecule has 0 aliphatic heterocycles. The van der Waals surface area contributed by atoms with Gasteiger partial charge in [-0.15, -0.1) is 0 Å². The molecule has 0 fully saturated rings. The lowest BCUT2D eigenvalue weighted by Gasteiger charge is -2.13. The van der Waals surface area contributed by atoms with E-state index >= 15 is 0 Å². The molecule has 5 nitrogen and oxygen atoms in total. The fraction of sp³-hybridized carbons (Fsp3) is 0.417. The summed E-state index contributed by atoms with van der Waals surface area (Å²) in [4.78, 5) is 11.6. The van der Waals surface area contributed by atoms with Crippen LogP contribution >= 0.6 is 11.6 Å². The highest BCUT2D eigenvalue weighted by Gasteiger charge is 2.16. The topological polar surface area (TPSA) is 78.8 Å². The van der Waals surface area contributed by atoms with Crippen LogP contribution in [-0.4, -0.2) is 42.0 Å². The highest BCUT2D eigenvalue weighted by Crippen LogP contribution is 2.25. The zero-order chi connectivity index (χ0) is 14.4. The highest BCUT2D eigenvalue weighted by molar-refractivity contribution is 6.33. The number of carbonyl (C=O) groups is 1. The Bertz CT molecular complexity index is 456. The molecule has 1 aromatic carbocycles. The predicted molar refractivity (Wildman–Crippen MR) is 68.9 cm³/mol. The van der Waals surface area contributed by atoms with Crippen LogP contribution in [0.4, 0.5) is 10.1 Å². The smallest absolute Gasteiger partial charge is 0.339 e.